The van der Waals surface area contributed by atoms with Gasteiger partial charge in [0, 0.05) is 51.4 Å². The van der Waals surface area contributed by atoms with Crippen molar-refractivity contribution in [1.82, 2.24) is 14.9 Å². The van der Waals surface area contributed by atoms with Crippen LogP contribution in [0.5, 0.6) is 0 Å². The molecule has 2 aliphatic rings. The summed E-state index contributed by atoms with van der Waals surface area (Å²) >= 11 is 0. The minimum absolute atomic E-state index is 0.0521. The maximum Gasteiger partial charge on any atom is 0.490 e. The summed E-state index contributed by atoms with van der Waals surface area (Å²) in [5, 5.41) is 14.2. The van der Waals surface area contributed by atoms with Crippen molar-refractivity contribution in [2.24, 2.45) is 5.92 Å². The lowest BCUT2D eigenvalue weighted by atomic mass is 9.79. The number of aromatic nitrogens is 2. The number of likely N-dealkylation sites (tertiary alicyclic amines) is 1. The van der Waals surface area contributed by atoms with E-state index in [4.69, 9.17) is 29.3 Å². The lowest BCUT2D eigenvalue weighted by molar-refractivity contribution is -0.193. The highest BCUT2D eigenvalue weighted by molar-refractivity contribution is 5.73. The van der Waals surface area contributed by atoms with Gasteiger partial charge in [0.25, 0.3) is 0 Å². The molecule has 0 saturated carbocycles. The molecular formula is C24H27F6N3O6. The molecule has 15 heteroatoms. The van der Waals surface area contributed by atoms with Gasteiger partial charge in [-0.2, -0.15) is 26.3 Å². The standard InChI is InChI=1S/C20H25N3O2.2C2HF3O2/c1-2-9-22-19(5-1)14-24-10-6-18-7-11-25-20(18)15-23(16-20)13-17-4-3-8-21-12-17;2*3-2(4,5)1(6)7/h1-5,8-9,12,18H,6-7,10-11,13-16H2;2*(H,6,7). The molecule has 0 aliphatic carbocycles. The Balaban J connectivity index is 0.000000317. The summed E-state index contributed by atoms with van der Waals surface area (Å²) in [4.78, 5) is 28.7. The SMILES string of the molecule is O=C(O)C(F)(F)F.O=C(O)C(F)(F)F.c1ccc(COCCC2CCOC23CN(Cc2cccnc2)C3)nc1. The van der Waals surface area contributed by atoms with Crippen molar-refractivity contribution in [2.45, 2.75) is 43.9 Å². The zero-order valence-electron chi connectivity index (χ0n) is 20.5. The maximum absolute atomic E-state index is 10.6. The summed E-state index contributed by atoms with van der Waals surface area (Å²) in [6, 6.07) is 10.1. The Morgan fingerprint density at radius 1 is 1.03 bits per heavy atom. The van der Waals surface area contributed by atoms with Crippen LogP contribution in [0.1, 0.15) is 24.1 Å². The Hall–Kier alpha value is -3.30. The van der Waals surface area contributed by atoms with E-state index < -0.39 is 24.3 Å². The van der Waals surface area contributed by atoms with Gasteiger partial charge in [-0.25, -0.2) is 9.59 Å². The average molecular weight is 567 g/mol. The number of aliphatic carboxylic acids is 2. The third-order valence-corrected chi connectivity index (χ3v) is 5.78. The van der Waals surface area contributed by atoms with E-state index >= 15 is 0 Å². The number of halogens is 6. The normalized spacial score (nSPS) is 18.3. The minimum Gasteiger partial charge on any atom is -0.475 e. The smallest absolute Gasteiger partial charge is 0.475 e. The molecule has 0 aromatic carbocycles. The fourth-order valence-electron chi connectivity index (χ4n) is 4.00. The molecule has 2 aliphatic heterocycles. The summed E-state index contributed by atoms with van der Waals surface area (Å²) < 4.78 is 75.4. The van der Waals surface area contributed by atoms with Crippen molar-refractivity contribution >= 4 is 11.9 Å². The highest BCUT2D eigenvalue weighted by Gasteiger charge is 2.52. The molecule has 0 radical (unpaired) electrons. The molecule has 2 fully saturated rings. The van der Waals surface area contributed by atoms with Gasteiger partial charge >= 0.3 is 24.3 Å². The van der Waals surface area contributed by atoms with Gasteiger partial charge in [-0.05, 0) is 42.5 Å². The predicted molar refractivity (Wildman–Crippen MR) is 122 cm³/mol. The molecule has 2 saturated heterocycles. The third kappa shape index (κ3) is 10.8. The fraction of sp³-hybridized carbons (Fsp3) is 0.500. The summed E-state index contributed by atoms with van der Waals surface area (Å²) in [5.74, 6) is -4.92. The van der Waals surface area contributed by atoms with Crippen LogP contribution in [0.4, 0.5) is 26.3 Å². The molecule has 1 atom stereocenters. The second-order valence-corrected chi connectivity index (χ2v) is 8.67. The number of carbonyl (C=O) groups is 2. The van der Waals surface area contributed by atoms with Crippen molar-refractivity contribution in [3.63, 3.8) is 0 Å². The summed E-state index contributed by atoms with van der Waals surface area (Å²) in [6.07, 6.45) is -2.38. The summed E-state index contributed by atoms with van der Waals surface area (Å²) in [6.45, 7) is 5.25. The number of alkyl halides is 6. The zero-order valence-corrected chi connectivity index (χ0v) is 20.5. The number of ether oxygens (including phenoxy) is 2. The van der Waals surface area contributed by atoms with Crippen LogP contribution in [0, 0.1) is 5.92 Å². The highest BCUT2D eigenvalue weighted by atomic mass is 19.4. The van der Waals surface area contributed by atoms with E-state index in [1.54, 1.807) is 0 Å². The summed E-state index contributed by atoms with van der Waals surface area (Å²) in [7, 11) is 0. The van der Waals surface area contributed by atoms with Crippen LogP contribution in [0.25, 0.3) is 0 Å². The van der Waals surface area contributed by atoms with Gasteiger partial charge in [-0.15, -0.1) is 0 Å². The maximum atomic E-state index is 10.6. The van der Waals surface area contributed by atoms with Crippen molar-refractivity contribution in [1.29, 1.82) is 0 Å². The molecule has 2 aromatic heterocycles. The Bertz CT molecular complexity index is 1010. The number of carboxylic acid groups (broad SMARTS) is 2. The van der Waals surface area contributed by atoms with Gasteiger partial charge in [0.2, 0.25) is 0 Å². The van der Waals surface area contributed by atoms with Crippen LogP contribution in [0.3, 0.4) is 0 Å². The quantitative estimate of drug-likeness (QED) is 0.379. The Morgan fingerprint density at radius 3 is 2.18 bits per heavy atom. The molecule has 4 rings (SSSR count). The predicted octanol–water partition coefficient (Wildman–Crippen LogP) is 3.94. The van der Waals surface area contributed by atoms with E-state index in [1.807, 2.05) is 42.9 Å². The van der Waals surface area contributed by atoms with Crippen LogP contribution in [-0.2, 0) is 32.2 Å². The lowest BCUT2D eigenvalue weighted by Gasteiger charge is -2.50. The van der Waals surface area contributed by atoms with E-state index in [9.17, 15) is 26.3 Å². The average Bonchev–Trinajstić information content (AvgIpc) is 3.26. The van der Waals surface area contributed by atoms with Gasteiger partial charge in [0.05, 0.1) is 17.9 Å². The van der Waals surface area contributed by atoms with E-state index in [-0.39, 0.29) is 5.60 Å². The Morgan fingerprint density at radius 2 is 1.67 bits per heavy atom. The molecular weight excluding hydrogens is 540 g/mol. The number of carboxylic acids is 2. The minimum atomic E-state index is -5.08. The lowest BCUT2D eigenvalue weighted by Crippen LogP contribution is -2.64. The monoisotopic (exact) mass is 567 g/mol. The van der Waals surface area contributed by atoms with Crippen LogP contribution in [0.15, 0.2) is 48.9 Å². The van der Waals surface area contributed by atoms with Crippen LogP contribution < -0.4 is 0 Å². The number of nitrogens with zero attached hydrogens (tertiary/aromatic N) is 3. The first-order valence-electron chi connectivity index (χ1n) is 11.6. The van der Waals surface area contributed by atoms with Gasteiger partial charge < -0.3 is 19.7 Å². The molecule has 216 valence electrons. The Labute approximate surface area is 219 Å². The summed E-state index contributed by atoms with van der Waals surface area (Å²) in [5.41, 5.74) is 2.31. The van der Waals surface area contributed by atoms with Gasteiger partial charge in [0.1, 0.15) is 0 Å². The molecule has 9 nitrogen and oxygen atoms in total. The number of hydrogen-bond acceptors (Lipinski definition) is 7. The third-order valence-electron chi connectivity index (χ3n) is 5.78. The topological polar surface area (TPSA) is 122 Å². The van der Waals surface area contributed by atoms with Crippen LogP contribution in [-0.4, -0.2) is 81.3 Å². The van der Waals surface area contributed by atoms with E-state index in [2.05, 4.69) is 20.9 Å². The molecule has 1 unspecified atom stereocenters. The number of pyridine rings is 2. The zero-order chi connectivity index (χ0) is 29.1. The fourth-order valence-corrected chi connectivity index (χ4v) is 4.00. The molecule has 0 amide bonds. The molecule has 1 spiro atoms. The first kappa shape index (κ1) is 31.9. The van der Waals surface area contributed by atoms with E-state index in [1.165, 1.54) is 5.56 Å². The first-order valence-corrected chi connectivity index (χ1v) is 11.6. The van der Waals surface area contributed by atoms with Crippen molar-refractivity contribution in [3.8, 4) is 0 Å². The molecule has 4 heterocycles. The van der Waals surface area contributed by atoms with E-state index in [0.29, 0.717) is 12.5 Å². The van der Waals surface area contributed by atoms with Crippen molar-refractivity contribution in [3.05, 3.63) is 60.2 Å². The second-order valence-electron chi connectivity index (χ2n) is 8.67. The van der Waals surface area contributed by atoms with Gasteiger partial charge in [-0.1, -0.05) is 12.1 Å². The highest BCUT2D eigenvalue weighted by Crippen LogP contribution is 2.42. The second kappa shape index (κ2) is 14.2. The molecule has 2 aromatic rings. The number of rotatable bonds is 7. The largest absolute Gasteiger partial charge is 0.490 e. The van der Waals surface area contributed by atoms with Crippen molar-refractivity contribution in [2.75, 3.05) is 26.3 Å². The molecule has 2 N–H and O–H groups in total. The first-order chi connectivity index (χ1) is 18.2. The number of hydrogen-bond donors (Lipinski definition) is 2. The molecule has 0 bridgehead atoms. The Kier molecular flexibility index (Phi) is 11.6. The van der Waals surface area contributed by atoms with E-state index in [0.717, 1.165) is 51.4 Å². The van der Waals surface area contributed by atoms with Crippen LogP contribution >= 0.6 is 0 Å². The van der Waals surface area contributed by atoms with Crippen LogP contribution in [0.2, 0.25) is 0 Å². The van der Waals surface area contributed by atoms with Gasteiger partial charge in [0.15, 0.2) is 0 Å². The van der Waals surface area contributed by atoms with Gasteiger partial charge in [-0.3, -0.25) is 14.9 Å². The van der Waals surface area contributed by atoms with Crippen molar-refractivity contribution < 1.29 is 55.6 Å². The molecule has 39 heavy (non-hydrogen) atoms.